The Morgan fingerprint density at radius 3 is 2.68 bits per heavy atom. The summed E-state index contributed by atoms with van der Waals surface area (Å²) in [6.07, 6.45) is 6.84. The van der Waals surface area contributed by atoms with Gasteiger partial charge in [-0.1, -0.05) is 0 Å². The van der Waals surface area contributed by atoms with Gasteiger partial charge in [-0.25, -0.2) is 14.6 Å². The molecule has 4 heterocycles. The molecule has 1 aliphatic heterocycles. The maximum absolute atomic E-state index is 12.3. The molecular weight excluding hydrogens is 390 g/mol. The summed E-state index contributed by atoms with van der Waals surface area (Å²) in [6.45, 7) is 7.17. The number of pyridine rings is 1. The van der Waals surface area contributed by atoms with Crippen LogP contribution in [0.15, 0.2) is 41.5 Å². The normalized spacial score (nSPS) is 16.5. The van der Waals surface area contributed by atoms with Crippen molar-refractivity contribution in [2.45, 2.75) is 32.7 Å². The molecular formula is C23H27N7O. The first-order valence-corrected chi connectivity index (χ1v) is 11.0. The van der Waals surface area contributed by atoms with Gasteiger partial charge < -0.3 is 4.90 Å². The Kier molecular flexibility index (Phi) is 5.46. The van der Waals surface area contributed by atoms with Crippen molar-refractivity contribution in [2.24, 2.45) is 0 Å². The van der Waals surface area contributed by atoms with Gasteiger partial charge in [0.25, 0.3) is 5.56 Å². The zero-order valence-electron chi connectivity index (χ0n) is 17.9. The molecule has 3 aromatic heterocycles. The standard InChI is InChI=1S/C23H27N7O/c1-17-25-21-6-2-5-19(21)23(26-17)29-13-10-28(11-14-29)12-15-30-22(31)8-7-20(27-30)18-4-3-9-24-16-18/h3-4,7-9,16H,2,5-6,10-15H2,1H3. The molecule has 0 radical (unpaired) electrons. The number of aromatic nitrogens is 5. The van der Waals surface area contributed by atoms with E-state index in [4.69, 9.17) is 4.98 Å². The molecule has 0 atom stereocenters. The van der Waals surface area contributed by atoms with E-state index in [1.807, 2.05) is 19.1 Å². The van der Waals surface area contributed by atoms with Gasteiger partial charge in [-0.05, 0) is 44.4 Å². The van der Waals surface area contributed by atoms with Crippen LogP contribution in [-0.2, 0) is 19.4 Å². The van der Waals surface area contributed by atoms with Gasteiger partial charge in [0.2, 0.25) is 0 Å². The minimum atomic E-state index is -0.0710. The largest absolute Gasteiger partial charge is 0.354 e. The minimum absolute atomic E-state index is 0.0710. The molecule has 0 spiro atoms. The molecule has 1 aliphatic carbocycles. The highest BCUT2D eigenvalue weighted by molar-refractivity contribution is 5.56. The lowest BCUT2D eigenvalue weighted by molar-refractivity contribution is 0.242. The second kappa shape index (κ2) is 8.55. The smallest absolute Gasteiger partial charge is 0.266 e. The van der Waals surface area contributed by atoms with Crippen LogP contribution in [0.4, 0.5) is 5.82 Å². The molecule has 3 aromatic rings. The number of hydrogen-bond donors (Lipinski definition) is 0. The lowest BCUT2D eigenvalue weighted by Crippen LogP contribution is -2.48. The van der Waals surface area contributed by atoms with E-state index < -0.39 is 0 Å². The molecule has 8 nitrogen and oxygen atoms in total. The fraction of sp³-hybridized carbons (Fsp3) is 0.435. The number of nitrogens with zero attached hydrogens (tertiary/aromatic N) is 7. The van der Waals surface area contributed by atoms with E-state index in [-0.39, 0.29) is 5.56 Å². The van der Waals surface area contributed by atoms with Crippen LogP contribution in [0.2, 0.25) is 0 Å². The van der Waals surface area contributed by atoms with Crippen molar-refractivity contribution in [3.05, 3.63) is 64.1 Å². The molecule has 160 valence electrons. The Labute approximate surface area is 181 Å². The first-order valence-electron chi connectivity index (χ1n) is 11.0. The van der Waals surface area contributed by atoms with Gasteiger partial charge in [0, 0.05) is 68.0 Å². The molecule has 2 aliphatic rings. The molecule has 31 heavy (non-hydrogen) atoms. The molecule has 1 saturated heterocycles. The van der Waals surface area contributed by atoms with Crippen LogP contribution in [0, 0.1) is 6.92 Å². The summed E-state index contributed by atoms with van der Waals surface area (Å²) in [4.78, 5) is 30.6. The van der Waals surface area contributed by atoms with E-state index in [1.54, 1.807) is 29.2 Å². The van der Waals surface area contributed by atoms with Crippen molar-refractivity contribution < 1.29 is 0 Å². The monoisotopic (exact) mass is 417 g/mol. The molecule has 0 bridgehead atoms. The second-order valence-corrected chi connectivity index (χ2v) is 8.22. The molecule has 0 aromatic carbocycles. The lowest BCUT2D eigenvalue weighted by Gasteiger charge is -2.36. The molecule has 8 heteroatoms. The Bertz CT molecular complexity index is 1120. The van der Waals surface area contributed by atoms with Crippen LogP contribution in [0.5, 0.6) is 0 Å². The van der Waals surface area contributed by atoms with Gasteiger partial charge in [-0.15, -0.1) is 0 Å². The van der Waals surface area contributed by atoms with Crippen LogP contribution in [0.25, 0.3) is 11.3 Å². The molecule has 0 unspecified atom stereocenters. The Morgan fingerprint density at radius 1 is 1.00 bits per heavy atom. The topological polar surface area (TPSA) is 80.0 Å². The summed E-state index contributed by atoms with van der Waals surface area (Å²) in [5.41, 5.74) is 4.20. The van der Waals surface area contributed by atoms with Gasteiger partial charge in [-0.3, -0.25) is 14.7 Å². The van der Waals surface area contributed by atoms with Crippen molar-refractivity contribution in [1.82, 2.24) is 29.6 Å². The number of aryl methyl sites for hydroxylation is 2. The third kappa shape index (κ3) is 4.20. The highest BCUT2D eigenvalue weighted by Gasteiger charge is 2.25. The van der Waals surface area contributed by atoms with Crippen LogP contribution in [-0.4, -0.2) is 62.4 Å². The molecule has 0 amide bonds. The van der Waals surface area contributed by atoms with E-state index in [2.05, 4.69) is 24.9 Å². The summed E-state index contributed by atoms with van der Waals surface area (Å²) in [6, 6.07) is 7.18. The van der Waals surface area contributed by atoms with E-state index in [9.17, 15) is 4.79 Å². The van der Waals surface area contributed by atoms with Crippen molar-refractivity contribution in [1.29, 1.82) is 0 Å². The fourth-order valence-corrected chi connectivity index (χ4v) is 4.49. The van der Waals surface area contributed by atoms with E-state index in [0.29, 0.717) is 6.54 Å². The van der Waals surface area contributed by atoms with Gasteiger partial charge >= 0.3 is 0 Å². The summed E-state index contributed by atoms with van der Waals surface area (Å²) in [5, 5.41) is 4.55. The zero-order valence-corrected chi connectivity index (χ0v) is 17.9. The molecule has 0 saturated carbocycles. The SMILES string of the molecule is Cc1nc2c(c(N3CCN(CCn4nc(-c5cccnc5)ccc4=O)CC3)n1)CCC2. The number of fused-ring (bicyclic) bond motifs is 1. The van der Waals surface area contributed by atoms with Crippen LogP contribution < -0.4 is 10.5 Å². The Balaban J connectivity index is 1.22. The van der Waals surface area contributed by atoms with Crippen molar-refractivity contribution >= 4 is 5.82 Å². The van der Waals surface area contributed by atoms with Gasteiger partial charge in [0.15, 0.2) is 0 Å². The van der Waals surface area contributed by atoms with Gasteiger partial charge in [0.05, 0.1) is 12.2 Å². The number of rotatable bonds is 5. The molecule has 1 fully saturated rings. The van der Waals surface area contributed by atoms with Gasteiger partial charge in [-0.2, -0.15) is 5.10 Å². The maximum atomic E-state index is 12.3. The number of piperazine rings is 1. The molecule has 5 rings (SSSR count). The summed E-state index contributed by atoms with van der Waals surface area (Å²) in [7, 11) is 0. The average Bonchev–Trinajstić information content (AvgIpc) is 3.27. The highest BCUT2D eigenvalue weighted by atomic mass is 16.1. The van der Waals surface area contributed by atoms with Crippen molar-refractivity contribution in [2.75, 3.05) is 37.6 Å². The van der Waals surface area contributed by atoms with Gasteiger partial charge in [0.1, 0.15) is 11.6 Å². The van der Waals surface area contributed by atoms with E-state index in [1.165, 1.54) is 17.7 Å². The summed E-state index contributed by atoms with van der Waals surface area (Å²) >= 11 is 0. The van der Waals surface area contributed by atoms with Crippen LogP contribution in [0.1, 0.15) is 23.5 Å². The minimum Gasteiger partial charge on any atom is -0.354 e. The summed E-state index contributed by atoms with van der Waals surface area (Å²) in [5.74, 6) is 2.01. The van der Waals surface area contributed by atoms with E-state index >= 15 is 0 Å². The summed E-state index contributed by atoms with van der Waals surface area (Å²) < 4.78 is 1.56. The van der Waals surface area contributed by atoms with E-state index in [0.717, 1.165) is 68.5 Å². The Morgan fingerprint density at radius 2 is 1.87 bits per heavy atom. The predicted molar refractivity (Wildman–Crippen MR) is 119 cm³/mol. The van der Waals surface area contributed by atoms with Crippen LogP contribution in [0.3, 0.4) is 0 Å². The molecule has 0 N–H and O–H groups in total. The van der Waals surface area contributed by atoms with Crippen LogP contribution >= 0.6 is 0 Å². The van der Waals surface area contributed by atoms with Crippen molar-refractivity contribution in [3.8, 4) is 11.3 Å². The quantitative estimate of drug-likeness (QED) is 0.625. The first kappa shape index (κ1) is 19.8. The maximum Gasteiger partial charge on any atom is 0.266 e. The highest BCUT2D eigenvalue weighted by Crippen LogP contribution is 2.29. The second-order valence-electron chi connectivity index (χ2n) is 8.22. The zero-order chi connectivity index (χ0) is 21.2. The Hall–Kier alpha value is -3.13. The first-order chi connectivity index (χ1) is 15.2. The lowest BCUT2D eigenvalue weighted by atomic mass is 10.2. The predicted octanol–water partition coefficient (Wildman–Crippen LogP) is 1.71. The third-order valence-electron chi connectivity index (χ3n) is 6.15. The fourth-order valence-electron chi connectivity index (χ4n) is 4.49. The average molecular weight is 418 g/mol. The number of hydrogen-bond acceptors (Lipinski definition) is 7. The van der Waals surface area contributed by atoms with Crippen molar-refractivity contribution in [3.63, 3.8) is 0 Å². The number of anilines is 1. The third-order valence-corrected chi connectivity index (χ3v) is 6.15.